The Morgan fingerprint density at radius 3 is 2.77 bits per heavy atom. The molecular formula is C16H16N4O2. The number of carboxylic acid groups (broad SMARTS) is 1. The average molecular weight is 296 g/mol. The zero-order chi connectivity index (χ0) is 15.8. The zero-order valence-corrected chi connectivity index (χ0v) is 11.9. The number of carboxylic acids is 1. The summed E-state index contributed by atoms with van der Waals surface area (Å²) in [6.45, 7) is 0. The third-order valence-electron chi connectivity index (χ3n) is 3.13. The summed E-state index contributed by atoms with van der Waals surface area (Å²) in [5, 5.41) is 20.9. The minimum absolute atomic E-state index is 0.0580. The number of hydrogen-bond acceptors (Lipinski definition) is 5. The largest absolute Gasteiger partial charge is 0.481 e. The van der Waals surface area contributed by atoms with Crippen molar-refractivity contribution in [2.24, 2.45) is 0 Å². The van der Waals surface area contributed by atoms with E-state index in [2.05, 4.69) is 15.3 Å². The SMILES string of the molecule is N#Cc1ccnc(NC(CCC(=O)O)Cc2ccccc2)n1. The summed E-state index contributed by atoms with van der Waals surface area (Å²) in [6.07, 6.45) is 2.67. The van der Waals surface area contributed by atoms with Crippen molar-refractivity contribution in [3.05, 3.63) is 53.9 Å². The molecular weight excluding hydrogens is 280 g/mol. The smallest absolute Gasteiger partial charge is 0.303 e. The van der Waals surface area contributed by atoms with Crippen LogP contribution in [0.1, 0.15) is 24.1 Å². The molecule has 6 nitrogen and oxygen atoms in total. The monoisotopic (exact) mass is 296 g/mol. The van der Waals surface area contributed by atoms with Crippen LogP contribution in [0.4, 0.5) is 5.95 Å². The summed E-state index contributed by atoms with van der Waals surface area (Å²) < 4.78 is 0. The van der Waals surface area contributed by atoms with Crippen LogP contribution >= 0.6 is 0 Å². The molecule has 2 N–H and O–H groups in total. The number of nitrogens with one attached hydrogen (secondary N) is 1. The highest BCUT2D eigenvalue weighted by atomic mass is 16.4. The van der Waals surface area contributed by atoms with Gasteiger partial charge in [0.1, 0.15) is 11.8 Å². The van der Waals surface area contributed by atoms with Crippen LogP contribution in [0.5, 0.6) is 0 Å². The predicted molar refractivity (Wildman–Crippen MR) is 81.2 cm³/mol. The highest BCUT2D eigenvalue weighted by molar-refractivity contribution is 5.66. The van der Waals surface area contributed by atoms with E-state index in [4.69, 9.17) is 10.4 Å². The lowest BCUT2D eigenvalue weighted by atomic mass is 10.0. The summed E-state index contributed by atoms with van der Waals surface area (Å²) >= 11 is 0. The van der Waals surface area contributed by atoms with Gasteiger partial charge in [0.2, 0.25) is 5.95 Å². The van der Waals surface area contributed by atoms with E-state index in [1.165, 1.54) is 12.3 Å². The molecule has 0 fully saturated rings. The second kappa shape index (κ2) is 7.74. The van der Waals surface area contributed by atoms with Crippen LogP contribution in [0, 0.1) is 11.3 Å². The number of aliphatic carboxylic acids is 1. The van der Waals surface area contributed by atoms with Crippen molar-refractivity contribution in [2.45, 2.75) is 25.3 Å². The fourth-order valence-corrected chi connectivity index (χ4v) is 2.09. The van der Waals surface area contributed by atoms with E-state index in [1.807, 2.05) is 36.4 Å². The van der Waals surface area contributed by atoms with Crippen LogP contribution in [0.25, 0.3) is 0 Å². The van der Waals surface area contributed by atoms with Gasteiger partial charge in [-0.25, -0.2) is 9.97 Å². The Bertz CT molecular complexity index is 667. The molecule has 1 aromatic carbocycles. The molecule has 0 aliphatic heterocycles. The molecule has 1 unspecified atom stereocenters. The molecule has 6 heteroatoms. The van der Waals surface area contributed by atoms with E-state index in [9.17, 15) is 4.79 Å². The van der Waals surface area contributed by atoms with Gasteiger partial charge in [-0.15, -0.1) is 0 Å². The second-order valence-corrected chi connectivity index (χ2v) is 4.84. The molecule has 0 aliphatic rings. The maximum atomic E-state index is 10.8. The Kier molecular flexibility index (Phi) is 5.44. The third kappa shape index (κ3) is 4.87. The molecule has 0 saturated heterocycles. The lowest BCUT2D eigenvalue weighted by Crippen LogP contribution is -2.24. The lowest BCUT2D eigenvalue weighted by molar-refractivity contribution is -0.137. The summed E-state index contributed by atoms with van der Waals surface area (Å²) in [5.41, 5.74) is 1.37. The standard InChI is InChI=1S/C16H16N4O2/c17-11-14-8-9-18-16(20-14)19-13(6-7-15(21)22)10-12-4-2-1-3-5-12/h1-5,8-9,13H,6-7,10H2,(H,21,22)(H,18,19,20). The van der Waals surface area contributed by atoms with Crippen LogP contribution in [-0.2, 0) is 11.2 Å². The summed E-state index contributed by atoms with van der Waals surface area (Å²) in [4.78, 5) is 19.0. The van der Waals surface area contributed by atoms with Gasteiger partial charge in [-0.2, -0.15) is 5.26 Å². The first kappa shape index (κ1) is 15.4. The van der Waals surface area contributed by atoms with Gasteiger partial charge < -0.3 is 10.4 Å². The molecule has 0 amide bonds. The van der Waals surface area contributed by atoms with Crippen LogP contribution in [0.15, 0.2) is 42.6 Å². The van der Waals surface area contributed by atoms with E-state index in [-0.39, 0.29) is 18.2 Å². The van der Waals surface area contributed by atoms with E-state index in [1.54, 1.807) is 0 Å². The fraction of sp³-hybridized carbons (Fsp3) is 0.250. The van der Waals surface area contributed by atoms with Gasteiger partial charge in [-0.05, 0) is 24.5 Å². The summed E-state index contributed by atoms with van der Waals surface area (Å²) in [5.74, 6) is -0.503. The van der Waals surface area contributed by atoms with Gasteiger partial charge in [-0.1, -0.05) is 30.3 Å². The molecule has 22 heavy (non-hydrogen) atoms. The zero-order valence-electron chi connectivity index (χ0n) is 11.9. The molecule has 0 spiro atoms. The number of anilines is 1. The third-order valence-corrected chi connectivity index (χ3v) is 3.13. The molecule has 112 valence electrons. The molecule has 1 atom stereocenters. The van der Waals surface area contributed by atoms with Crippen LogP contribution in [0.2, 0.25) is 0 Å². The van der Waals surface area contributed by atoms with Crippen molar-refractivity contribution in [3.63, 3.8) is 0 Å². The summed E-state index contributed by atoms with van der Waals surface area (Å²) in [7, 11) is 0. The molecule has 0 aliphatic carbocycles. The number of carbonyl (C=O) groups is 1. The van der Waals surface area contributed by atoms with Crippen molar-refractivity contribution in [2.75, 3.05) is 5.32 Å². The first-order valence-corrected chi connectivity index (χ1v) is 6.93. The van der Waals surface area contributed by atoms with Gasteiger partial charge in [0.05, 0.1) is 0 Å². The fourth-order valence-electron chi connectivity index (χ4n) is 2.09. The minimum atomic E-state index is -0.841. The van der Waals surface area contributed by atoms with E-state index in [0.717, 1.165) is 5.56 Å². The normalized spacial score (nSPS) is 11.4. The van der Waals surface area contributed by atoms with Crippen molar-refractivity contribution in [1.29, 1.82) is 5.26 Å². The Labute approximate surface area is 128 Å². The van der Waals surface area contributed by atoms with Gasteiger partial charge in [-0.3, -0.25) is 4.79 Å². The Morgan fingerprint density at radius 1 is 1.32 bits per heavy atom. The Hall–Kier alpha value is -2.94. The maximum absolute atomic E-state index is 10.8. The highest BCUT2D eigenvalue weighted by Crippen LogP contribution is 2.12. The molecule has 0 saturated carbocycles. The number of benzene rings is 1. The van der Waals surface area contributed by atoms with Crippen LogP contribution in [0.3, 0.4) is 0 Å². The van der Waals surface area contributed by atoms with E-state index >= 15 is 0 Å². The predicted octanol–water partition coefficient (Wildman–Crippen LogP) is 2.24. The first-order valence-electron chi connectivity index (χ1n) is 6.93. The lowest BCUT2D eigenvalue weighted by Gasteiger charge is -2.18. The molecule has 0 bridgehead atoms. The highest BCUT2D eigenvalue weighted by Gasteiger charge is 2.13. The molecule has 1 heterocycles. The topological polar surface area (TPSA) is 98.9 Å². The molecule has 2 aromatic rings. The molecule has 1 aromatic heterocycles. The van der Waals surface area contributed by atoms with Crippen LogP contribution in [-0.4, -0.2) is 27.1 Å². The van der Waals surface area contributed by atoms with Crippen molar-refractivity contribution in [1.82, 2.24) is 9.97 Å². The number of rotatable bonds is 7. The van der Waals surface area contributed by atoms with Crippen molar-refractivity contribution >= 4 is 11.9 Å². The van der Waals surface area contributed by atoms with Crippen LogP contribution < -0.4 is 5.32 Å². The second-order valence-electron chi connectivity index (χ2n) is 4.84. The number of hydrogen-bond donors (Lipinski definition) is 2. The van der Waals surface area contributed by atoms with Gasteiger partial charge in [0, 0.05) is 18.7 Å². The van der Waals surface area contributed by atoms with Crippen molar-refractivity contribution in [3.8, 4) is 6.07 Å². The number of nitrogens with zero attached hydrogens (tertiary/aromatic N) is 3. The van der Waals surface area contributed by atoms with Gasteiger partial charge in [0.15, 0.2) is 0 Å². The average Bonchev–Trinajstić information content (AvgIpc) is 2.54. The van der Waals surface area contributed by atoms with Gasteiger partial charge >= 0.3 is 5.97 Å². The molecule has 0 radical (unpaired) electrons. The number of aromatic nitrogens is 2. The van der Waals surface area contributed by atoms with E-state index in [0.29, 0.717) is 18.8 Å². The maximum Gasteiger partial charge on any atom is 0.303 e. The quantitative estimate of drug-likeness (QED) is 0.813. The Balaban J connectivity index is 2.09. The number of nitriles is 1. The first-order chi connectivity index (χ1) is 10.7. The van der Waals surface area contributed by atoms with Gasteiger partial charge in [0.25, 0.3) is 0 Å². The molecule has 2 rings (SSSR count). The van der Waals surface area contributed by atoms with Crippen molar-refractivity contribution < 1.29 is 9.90 Å². The summed E-state index contributed by atoms with van der Waals surface area (Å²) in [6, 6.07) is 13.2. The Morgan fingerprint density at radius 2 is 2.09 bits per heavy atom. The van der Waals surface area contributed by atoms with E-state index < -0.39 is 5.97 Å². The minimum Gasteiger partial charge on any atom is -0.481 e.